The SMILES string of the molecule is CCN(CC)c1ccc(/C=N/NC(=O)c2ccc(NC(=O)c3ccccc3C)cc2)c(O)c1. The lowest BCUT2D eigenvalue weighted by molar-refractivity contribution is 0.0954. The van der Waals surface area contributed by atoms with Crippen LogP contribution in [0.2, 0.25) is 0 Å². The predicted molar refractivity (Wildman–Crippen MR) is 132 cm³/mol. The first-order valence-electron chi connectivity index (χ1n) is 10.8. The number of amides is 2. The normalized spacial score (nSPS) is 10.8. The molecule has 2 amide bonds. The van der Waals surface area contributed by atoms with E-state index in [1.165, 1.54) is 6.21 Å². The third-order valence-corrected chi connectivity index (χ3v) is 5.31. The van der Waals surface area contributed by atoms with Crippen LogP contribution in [0.5, 0.6) is 5.75 Å². The molecule has 0 saturated heterocycles. The molecule has 0 fully saturated rings. The lowest BCUT2D eigenvalue weighted by Crippen LogP contribution is -2.21. The number of hydrogen-bond donors (Lipinski definition) is 3. The number of benzene rings is 3. The van der Waals surface area contributed by atoms with Gasteiger partial charge in [0, 0.05) is 47.2 Å². The van der Waals surface area contributed by atoms with Crippen LogP contribution in [0, 0.1) is 6.92 Å². The molecule has 170 valence electrons. The molecule has 0 aliphatic rings. The number of carbonyl (C=O) groups is 2. The van der Waals surface area contributed by atoms with E-state index in [1.807, 2.05) is 31.2 Å². The van der Waals surface area contributed by atoms with Gasteiger partial charge in [0.15, 0.2) is 0 Å². The maximum Gasteiger partial charge on any atom is 0.271 e. The Kier molecular flexibility index (Phi) is 7.81. The molecular weight excluding hydrogens is 416 g/mol. The van der Waals surface area contributed by atoms with Crippen LogP contribution in [0.15, 0.2) is 71.8 Å². The average Bonchev–Trinajstić information content (AvgIpc) is 2.82. The van der Waals surface area contributed by atoms with Crippen molar-refractivity contribution >= 4 is 29.4 Å². The molecule has 33 heavy (non-hydrogen) atoms. The van der Waals surface area contributed by atoms with E-state index in [0.29, 0.717) is 22.4 Å². The molecule has 0 aliphatic heterocycles. The smallest absolute Gasteiger partial charge is 0.271 e. The number of rotatable bonds is 8. The van der Waals surface area contributed by atoms with Crippen molar-refractivity contribution in [3.05, 3.63) is 89.0 Å². The third kappa shape index (κ3) is 5.98. The minimum atomic E-state index is -0.401. The summed E-state index contributed by atoms with van der Waals surface area (Å²) in [5.74, 6) is -0.518. The van der Waals surface area contributed by atoms with Crippen molar-refractivity contribution in [3.63, 3.8) is 0 Å². The summed E-state index contributed by atoms with van der Waals surface area (Å²) in [7, 11) is 0. The molecular formula is C26H28N4O3. The van der Waals surface area contributed by atoms with Crippen LogP contribution in [-0.2, 0) is 0 Å². The first-order valence-corrected chi connectivity index (χ1v) is 10.8. The number of anilines is 2. The van der Waals surface area contributed by atoms with Crippen molar-refractivity contribution in [3.8, 4) is 5.75 Å². The lowest BCUT2D eigenvalue weighted by atomic mass is 10.1. The minimum Gasteiger partial charge on any atom is -0.507 e. The van der Waals surface area contributed by atoms with Gasteiger partial charge in [-0.1, -0.05) is 18.2 Å². The fourth-order valence-corrected chi connectivity index (χ4v) is 3.38. The van der Waals surface area contributed by atoms with Gasteiger partial charge < -0.3 is 15.3 Å². The molecule has 0 radical (unpaired) electrons. The van der Waals surface area contributed by atoms with Gasteiger partial charge in [-0.15, -0.1) is 0 Å². The second-order valence-electron chi connectivity index (χ2n) is 7.46. The lowest BCUT2D eigenvalue weighted by Gasteiger charge is -2.21. The molecule has 0 aliphatic carbocycles. The molecule has 0 aromatic heterocycles. The molecule has 0 heterocycles. The standard InChI is InChI=1S/C26H28N4O3/c1-4-30(5-2)22-15-12-20(24(31)16-22)17-27-29-25(32)19-10-13-21(14-11-19)28-26(33)23-9-7-6-8-18(23)3/h6-17,31H,4-5H2,1-3H3,(H,28,33)(H,29,32)/b27-17+. The van der Waals surface area contributed by atoms with Crippen LogP contribution < -0.4 is 15.6 Å². The first kappa shape index (κ1) is 23.5. The van der Waals surface area contributed by atoms with E-state index in [9.17, 15) is 14.7 Å². The van der Waals surface area contributed by atoms with Crippen molar-refractivity contribution in [2.45, 2.75) is 20.8 Å². The highest BCUT2D eigenvalue weighted by molar-refractivity contribution is 6.05. The van der Waals surface area contributed by atoms with E-state index in [4.69, 9.17) is 0 Å². The molecule has 3 aromatic carbocycles. The Labute approximate surface area is 193 Å². The second kappa shape index (κ2) is 10.9. The Morgan fingerprint density at radius 3 is 2.30 bits per heavy atom. The zero-order chi connectivity index (χ0) is 23.8. The number of carbonyl (C=O) groups excluding carboxylic acids is 2. The quantitative estimate of drug-likeness (QED) is 0.351. The summed E-state index contributed by atoms with van der Waals surface area (Å²) in [6.07, 6.45) is 1.40. The van der Waals surface area contributed by atoms with Crippen LogP contribution in [0.1, 0.15) is 45.7 Å². The monoisotopic (exact) mass is 444 g/mol. The van der Waals surface area contributed by atoms with E-state index >= 15 is 0 Å². The zero-order valence-electron chi connectivity index (χ0n) is 19.0. The summed E-state index contributed by atoms with van der Waals surface area (Å²) >= 11 is 0. The van der Waals surface area contributed by atoms with Crippen LogP contribution >= 0.6 is 0 Å². The minimum absolute atomic E-state index is 0.0890. The number of phenols is 1. The summed E-state index contributed by atoms with van der Waals surface area (Å²) in [5.41, 5.74) is 6.34. The Morgan fingerprint density at radius 1 is 0.970 bits per heavy atom. The number of aryl methyl sites for hydroxylation is 1. The fourth-order valence-electron chi connectivity index (χ4n) is 3.38. The summed E-state index contributed by atoms with van der Waals surface area (Å²) in [6, 6.07) is 19.2. The van der Waals surface area contributed by atoms with E-state index in [2.05, 4.69) is 34.6 Å². The summed E-state index contributed by atoms with van der Waals surface area (Å²) < 4.78 is 0. The Balaban J connectivity index is 1.59. The zero-order valence-corrected chi connectivity index (χ0v) is 19.0. The third-order valence-electron chi connectivity index (χ3n) is 5.31. The molecule has 0 spiro atoms. The molecule has 7 nitrogen and oxygen atoms in total. The number of hydrazone groups is 1. The van der Waals surface area contributed by atoms with Gasteiger partial charge in [0.05, 0.1) is 6.21 Å². The molecule has 7 heteroatoms. The van der Waals surface area contributed by atoms with Gasteiger partial charge >= 0.3 is 0 Å². The highest BCUT2D eigenvalue weighted by atomic mass is 16.3. The second-order valence-corrected chi connectivity index (χ2v) is 7.46. The first-order chi connectivity index (χ1) is 15.9. The number of aromatic hydroxyl groups is 1. The van der Waals surface area contributed by atoms with Crippen molar-refractivity contribution < 1.29 is 14.7 Å². The topological polar surface area (TPSA) is 94.0 Å². The number of nitrogens with one attached hydrogen (secondary N) is 2. The van der Waals surface area contributed by atoms with Crippen molar-refractivity contribution in [2.75, 3.05) is 23.3 Å². The predicted octanol–water partition coefficient (Wildman–Crippen LogP) is 4.56. The summed E-state index contributed by atoms with van der Waals surface area (Å²) in [4.78, 5) is 26.9. The average molecular weight is 445 g/mol. The van der Waals surface area contributed by atoms with Crippen molar-refractivity contribution in [1.29, 1.82) is 0 Å². The van der Waals surface area contributed by atoms with Crippen molar-refractivity contribution in [1.82, 2.24) is 5.43 Å². The van der Waals surface area contributed by atoms with Gasteiger partial charge in [0.1, 0.15) is 5.75 Å². The van der Waals surface area contributed by atoms with Crippen LogP contribution in [-0.4, -0.2) is 36.2 Å². The van der Waals surface area contributed by atoms with Crippen LogP contribution in [0.4, 0.5) is 11.4 Å². The molecule has 3 aromatic rings. The van der Waals surface area contributed by atoms with Crippen LogP contribution in [0.25, 0.3) is 0 Å². The molecule has 0 unspecified atom stereocenters. The highest BCUT2D eigenvalue weighted by Gasteiger charge is 2.10. The fraction of sp³-hybridized carbons (Fsp3) is 0.192. The van der Waals surface area contributed by atoms with Gasteiger partial charge in [-0.05, 0) is 68.8 Å². The van der Waals surface area contributed by atoms with Gasteiger partial charge in [-0.25, -0.2) is 5.43 Å². The maximum atomic E-state index is 12.4. The molecule has 3 rings (SSSR count). The highest BCUT2D eigenvalue weighted by Crippen LogP contribution is 2.23. The van der Waals surface area contributed by atoms with E-state index in [0.717, 1.165) is 24.3 Å². The van der Waals surface area contributed by atoms with Crippen LogP contribution in [0.3, 0.4) is 0 Å². The van der Waals surface area contributed by atoms with Gasteiger partial charge in [0.2, 0.25) is 0 Å². The molecule has 0 bridgehead atoms. The number of hydrogen-bond acceptors (Lipinski definition) is 5. The summed E-state index contributed by atoms with van der Waals surface area (Å²) in [5, 5.41) is 17.0. The number of phenolic OH excluding ortho intramolecular Hbond substituents is 1. The largest absolute Gasteiger partial charge is 0.507 e. The molecule has 0 saturated carbocycles. The van der Waals surface area contributed by atoms with Gasteiger partial charge in [-0.2, -0.15) is 5.10 Å². The van der Waals surface area contributed by atoms with Gasteiger partial charge in [-0.3, -0.25) is 9.59 Å². The number of nitrogens with zero attached hydrogens (tertiary/aromatic N) is 2. The Bertz CT molecular complexity index is 1150. The van der Waals surface area contributed by atoms with E-state index in [-0.39, 0.29) is 11.7 Å². The van der Waals surface area contributed by atoms with Gasteiger partial charge in [0.25, 0.3) is 11.8 Å². The Hall–Kier alpha value is -4.13. The van der Waals surface area contributed by atoms with E-state index < -0.39 is 5.91 Å². The van der Waals surface area contributed by atoms with E-state index in [1.54, 1.807) is 42.5 Å². The molecule has 3 N–H and O–H groups in total. The summed E-state index contributed by atoms with van der Waals surface area (Å²) in [6.45, 7) is 7.66. The van der Waals surface area contributed by atoms with Crippen molar-refractivity contribution in [2.24, 2.45) is 5.10 Å². The Morgan fingerprint density at radius 2 is 1.67 bits per heavy atom. The maximum absolute atomic E-state index is 12.4. The molecule has 0 atom stereocenters.